The van der Waals surface area contributed by atoms with Gasteiger partial charge in [-0.25, -0.2) is 0 Å². The molecule has 1 N–H and O–H groups in total. The van der Waals surface area contributed by atoms with Crippen LogP contribution in [-0.4, -0.2) is 13.2 Å². The maximum atomic E-state index is 6.07. The Morgan fingerprint density at radius 3 is 2.90 bits per heavy atom. The first-order valence-corrected chi connectivity index (χ1v) is 8.84. The summed E-state index contributed by atoms with van der Waals surface area (Å²) in [7, 11) is 0. The topological polar surface area (TPSA) is 21.3 Å². The molecule has 4 rings (SSSR count). The third kappa shape index (κ3) is 2.59. The Morgan fingerprint density at radius 2 is 2.10 bits per heavy atom. The average molecular weight is 285 g/mol. The number of hydrogen-bond acceptors (Lipinski definition) is 2. The van der Waals surface area contributed by atoms with E-state index in [4.69, 9.17) is 4.74 Å². The lowest BCUT2D eigenvalue weighted by Crippen LogP contribution is -2.29. The number of ether oxygens (including phenoxy) is 1. The Kier molecular flexibility index (Phi) is 3.66. The molecule has 1 aliphatic heterocycles. The lowest BCUT2D eigenvalue weighted by Gasteiger charge is -2.30. The van der Waals surface area contributed by atoms with E-state index in [0.717, 1.165) is 37.3 Å². The lowest BCUT2D eigenvalue weighted by atomic mass is 9.86. The molecule has 0 bridgehead atoms. The highest BCUT2D eigenvalue weighted by molar-refractivity contribution is 5.45. The standard InChI is InChI=1S/C19H27NO/c1-2-8-20-18(16-11-14-10-15(14)12-16)17-7-3-5-13-6-4-9-21-19(13)17/h3,5,7,14-16,18,20H,2,4,6,8-12H2,1H3. The summed E-state index contributed by atoms with van der Waals surface area (Å²) in [6.45, 7) is 4.26. The van der Waals surface area contributed by atoms with Gasteiger partial charge >= 0.3 is 0 Å². The Bertz CT molecular complexity index is 502. The van der Waals surface area contributed by atoms with E-state index in [2.05, 4.69) is 30.4 Å². The fourth-order valence-corrected chi connectivity index (χ4v) is 4.52. The monoisotopic (exact) mass is 285 g/mol. The number of aryl methyl sites for hydroxylation is 1. The van der Waals surface area contributed by atoms with Crippen molar-refractivity contribution in [3.8, 4) is 5.75 Å². The van der Waals surface area contributed by atoms with Gasteiger partial charge in [-0.05, 0) is 68.4 Å². The maximum absolute atomic E-state index is 6.07. The van der Waals surface area contributed by atoms with Crippen molar-refractivity contribution in [3.63, 3.8) is 0 Å². The van der Waals surface area contributed by atoms with Crippen LogP contribution in [0.3, 0.4) is 0 Å². The zero-order valence-electron chi connectivity index (χ0n) is 13.1. The van der Waals surface area contributed by atoms with Crippen LogP contribution < -0.4 is 10.1 Å². The van der Waals surface area contributed by atoms with Crippen molar-refractivity contribution < 1.29 is 4.74 Å². The molecule has 3 unspecified atom stereocenters. The van der Waals surface area contributed by atoms with Crippen LogP contribution in [0.5, 0.6) is 5.75 Å². The molecule has 1 aromatic carbocycles. The molecule has 0 spiro atoms. The van der Waals surface area contributed by atoms with E-state index in [1.807, 2.05) is 0 Å². The zero-order valence-corrected chi connectivity index (χ0v) is 13.1. The van der Waals surface area contributed by atoms with E-state index in [0.29, 0.717) is 6.04 Å². The van der Waals surface area contributed by atoms with Crippen molar-refractivity contribution in [1.29, 1.82) is 0 Å². The van der Waals surface area contributed by atoms with Gasteiger partial charge in [0.1, 0.15) is 5.75 Å². The predicted molar refractivity (Wildman–Crippen MR) is 85.6 cm³/mol. The highest BCUT2D eigenvalue weighted by atomic mass is 16.5. The van der Waals surface area contributed by atoms with Crippen LogP contribution in [0.25, 0.3) is 0 Å². The quantitative estimate of drug-likeness (QED) is 0.879. The Morgan fingerprint density at radius 1 is 1.24 bits per heavy atom. The van der Waals surface area contributed by atoms with Gasteiger partial charge < -0.3 is 10.1 Å². The molecular formula is C19H27NO. The van der Waals surface area contributed by atoms with Crippen LogP contribution in [0.2, 0.25) is 0 Å². The van der Waals surface area contributed by atoms with Crippen molar-refractivity contribution in [2.45, 2.75) is 51.5 Å². The Hall–Kier alpha value is -1.02. The van der Waals surface area contributed by atoms with E-state index < -0.39 is 0 Å². The van der Waals surface area contributed by atoms with Gasteiger partial charge in [0, 0.05) is 11.6 Å². The van der Waals surface area contributed by atoms with E-state index in [-0.39, 0.29) is 0 Å². The molecule has 2 saturated carbocycles. The summed E-state index contributed by atoms with van der Waals surface area (Å²) in [4.78, 5) is 0. The largest absolute Gasteiger partial charge is 0.493 e. The van der Waals surface area contributed by atoms with E-state index in [1.54, 1.807) is 0 Å². The van der Waals surface area contributed by atoms with E-state index in [9.17, 15) is 0 Å². The molecule has 1 heterocycles. The summed E-state index contributed by atoms with van der Waals surface area (Å²) in [6.07, 6.45) is 7.90. The molecule has 2 fully saturated rings. The molecule has 2 heteroatoms. The molecular weight excluding hydrogens is 258 g/mol. The minimum Gasteiger partial charge on any atom is -0.493 e. The molecule has 0 amide bonds. The minimum absolute atomic E-state index is 0.505. The van der Waals surface area contributed by atoms with Crippen LogP contribution in [0.4, 0.5) is 0 Å². The van der Waals surface area contributed by atoms with Crippen molar-refractivity contribution >= 4 is 0 Å². The number of fused-ring (bicyclic) bond motifs is 2. The molecule has 2 nitrogen and oxygen atoms in total. The van der Waals surface area contributed by atoms with Crippen molar-refractivity contribution in [3.05, 3.63) is 29.3 Å². The normalized spacial score (nSPS) is 31.2. The van der Waals surface area contributed by atoms with Gasteiger partial charge in [0.25, 0.3) is 0 Å². The van der Waals surface area contributed by atoms with Gasteiger partial charge in [-0.3, -0.25) is 0 Å². The van der Waals surface area contributed by atoms with Gasteiger partial charge in [0.2, 0.25) is 0 Å². The van der Waals surface area contributed by atoms with Gasteiger partial charge in [0.05, 0.1) is 6.61 Å². The maximum Gasteiger partial charge on any atom is 0.127 e. The molecule has 3 aliphatic rings. The molecule has 114 valence electrons. The number of hydrogen-bond donors (Lipinski definition) is 1. The Labute approximate surface area is 128 Å². The SMILES string of the molecule is CCCNC(c1cccc2c1OCCC2)C1CC2CC2C1. The smallest absolute Gasteiger partial charge is 0.127 e. The van der Waals surface area contributed by atoms with Gasteiger partial charge in [-0.2, -0.15) is 0 Å². The van der Waals surface area contributed by atoms with Gasteiger partial charge in [-0.15, -0.1) is 0 Å². The number of para-hydroxylation sites is 1. The van der Waals surface area contributed by atoms with E-state index >= 15 is 0 Å². The number of nitrogens with one attached hydrogen (secondary N) is 1. The summed E-state index contributed by atoms with van der Waals surface area (Å²) in [5, 5.41) is 3.84. The van der Waals surface area contributed by atoms with Crippen molar-refractivity contribution in [2.24, 2.45) is 17.8 Å². The Balaban J connectivity index is 1.62. The first-order chi connectivity index (χ1) is 10.4. The van der Waals surface area contributed by atoms with Crippen LogP contribution in [0.15, 0.2) is 18.2 Å². The van der Waals surface area contributed by atoms with Crippen molar-refractivity contribution in [2.75, 3.05) is 13.2 Å². The third-order valence-corrected chi connectivity index (χ3v) is 5.66. The van der Waals surface area contributed by atoms with Crippen molar-refractivity contribution in [1.82, 2.24) is 5.32 Å². The summed E-state index contributed by atoms with van der Waals surface area (Å²) >= 11 is 0. The van der Waals surface area contributed by atoms with Crippen LogP contribution in [0, 0.1) is 17.8 Å². The summed E-state index contributed by atoms with van der Waals surface area (Å²) in [6, 6.07) is 7.30. The highest BCUT2D eigenvalue weighted by Gasteiger charge is 2.48. The van der Waals surface area contributed by atoms with Gasteiger partial charge in [-0.1, -0.05) is 25.1 Å². The lowest BCUT2D eigenvalue weighted by molar-refractivity contribution is 0.270. The van der Waals surface area contributed by atoms with Crippen LogP contribution >= 0.6 is 0 Å². The zero-order chi connectivity index (χ0) is 14.2. The molecule has 0 radical (unpaired) electrons. The molecule has 21 heavy (non-hydrogen) atoms. The van der Waals surface area contributed by atoms with Gasteiger partial charge in [0.15, 0.2) is 0 Å². The first kappa shape index (κ1) is 13.6. The number of benzene rings is 1. The predicted octanol–water partition coefficient (Wildman–Crippen LogP) is 4.10. The highest BCUT2D eigenvalue weighted by Crippen LogP contribution is 2.57. The molecule has 1 aromatic rings. The number of rotatable bonds is 5. The van der Waals surface area contributed by atoms with E-state index in [1.165, 1.54) is 49.0 Å². The summed E-state index contributed by atoms with van der Waals surface area (Å²) in [5.41, 5.74) is 2.86. The molecule has 0 aromatic heterocycles. The summed E-state index contributed by atoms with van der Waals surface area (Å²) in [5.74, 6) is 4.11. The third-order valence-electron chi connectivity index (χ3n) is 5.66. The fourth-order valence-electron chi connectivity index (χ4n) is 4.52. The average Bonchev–Trinajstić information content (AvgIpc) is 3.14. The second-order valence-electron chi connectivity index (χ2n) is 7.21. The fraction of sp³-hybridized carbons (Fsp3) is 0.684. The van der Waals surface area contributed by atoms with Crippen LogP contribution in [-0.2, 0) is 6.42 Å². The molecule has 0 saturated heterocycles. The first-order valence-electron chi connectivity index (χ1n) is 8.84. The summed E-state index contributed by atoms with van der Waals surface area (Å²) < 4.78 is 6.07. The van der Waals surface area contributed by atoms with Crippen LogP contribution in [0.1, 0.15) is 56.2 Å². The molecule has 3 atom stereocenters. The molecule has 2 aliphatic carbocycles. The second kappa shape index (κ2) is 5.64. The minimum atomic E-state index is 0.505. The second-order valence-corrected chi connectivity index (χ2v) is 7.21.